The standard InChI is InChI=1S/C20H25N5S2.HI/c1-4-21-20(25(3)12-18-14-26-15(2)23-18)22-11-10-17-13-27-19(24-17)16-8-6-5-7-9-16;/h5-9,13-14H,4,10-12H2,1-3H3,(H,21,22);1H. The fraction of sp³-hybridized carbons (Fsp3) is 0.350. The molecule has 150 valence electrons. The van der Waals surface area contributed by atoms with Gasteiger partial charge in [0.25, 0.3) is 0 Å². The molecule has 0 unspecified atom stereocenters. The first-order valence-corrected chi connectivity index (χ1v) is 10.8. The van der Waals surface area contributed by atoms with Gasteiger partial charge in [-0.3, -0.25) is 4.99 Å². The number of rotatable bonds is 7. The van der Waals surface area contributed by atoms with Crippen LogP contribution in [0.3, 0.4) is 0 Å². The molecule has 0 amide bonds. The lowest BCUT2D eigenvalue weighted by atomic mass is 10.2. The van der Waals surface area contributed by atoms with Gasteiger partial charge in [0.15, 0.2) is 5.96 Å². The average molecular weight is 528 g/mol. The van der Waals surface area contributed by atoms with Crippen LogP contribution in [-0.2, 0) is 13.0 Å². The van der Waals surface area contributed by atoms with Gasteiger partial charge in [-0.15, -0.1) is 46.7 Å². The van der Waals surface area contributed by atoms with Crippen LogP contribution in [0.4, 0.5) is 0 Å². The van der Waals surface area contributed by atoms with Crippen LogP contribution in [0.1, 0.15) is 23.3 Å². The Labute approximate surface area is 192 Å². The van der Waals surface area contributed by atoms with Crippen molar-refractivity contribution in [3.8, 4) is 10.6 Å². The van der Waals surface area contributed by atoms with E-state index in [1.807, 2.05) is 32.2 Å². The molecule has 0 spiro atoms. The monoisotopic (exact) mass is 527 g/mol. The number of aromatic nitrogens is 2. The summed E-state index contributed by atoms with van der Waals surface area (Å²) in [5.41, 5.74) is 3.35. The van der Waals surface area contributed by atoms with Crippen molar-refractivity contribution in [2.45, 2.75) is 26.8 Å². The van der Waals surface area contributed by atoms with E-state index in [1.54, 1.807) is 22.7 Å². The van der Waals surface area contributed by atoms with E-state index in [-0.39, 0.29) is 24.0 Å². The van der Waals surface area contributed by atoms with Gasteiger partial charge in [0.2, 0.25) is 0 Å². The zero-order valence-electron chi connectivity index (χ0n) is 16.4. The maximum absolute atomic E-state index is 4.77. The lowest BCUT2D eigenvalue weighted by molar-refractivity contribution is 0.471. The Morgan fingerprint density at radius 3 is 2.54 bits per heavy atom. The van der Waals surface area contributed by atoms with Gasteiger partial charge in [0, 0.05) is 42.9 Å². The fourth-order valence-corrected chi connectivity index (χ4v) is 4.14. The van der Waals surface area contributed by atoms with Crippen LogP contribution >= 0.6 is 46.7 Å². The van der Waals surface area contributed by atoms with Gasteiger partial charge in [-0.2, -0.15) is 0 Å². The highest BCUT2D eigenvalue weighted by molar-refractivity contribution is 14.0. The maximum Gasteiger partial charge on any atom is 0.194 e. The predicted molar refractivity (Wildman–Crippen MR) is 131 cm³/mol. The third-order valence-electron chi connectivity index (χ3n) is 3.96. The van der Waals surface area contributed by atoms with E-state index < -0.39 is 0 Å². The molecule has 28 heavy (non-hydrogen) atoms. The van der Waals surface area contributed by atoms with Crippen LogP contribution in [0, 0.1) is 6.92 Å². The zero-order valence-corrected chi connectivity index (χ0v) is 20.3. The number of hydrogen-bond donors (Lipinski definition) is 1. The minimum Gasteiger partial charge on any atom is -0.357 e. The molecule has 0 radical (unpaired) electrons. The normalized spacial score (nSPS) is 11.2. The third-order valence-corrected chi connectivity index (χ3v) is 5.73. The van der Waals surface area contributed by atoms with Gasteiger partial charge in [0.1, 0.15) is 5.01 Å². The summed E-state index contributed by atoms with van der Waals surface area (Å²) in [7, 11) is 2.05. The Hall–Kier alpha value is -1.52. The van der Waals surface area contributed by atoms with Crippen LogP contribution in [0.25, 0.3) is 10.6 Å². The minimum atomic E-state index is 0. The Bertz CT molecular complexity index is 876. The molecule has 5 nitrogen and oxygen atoms in total. The molecule has 0 aliphatic carbocycles. The largest absolute Gasteiger partial charge is 0.357 e. The summed E-state index contributed by atoms with van der Waals surface area (Å²) in [6.07, 6.45) is 0.835. The molecule has 0 atom stereocenters. The van der Waals surface area contributed by atoms with Crippen LogP contribution in [0.15, 0.2) is 46.1 Å². The van der Waals surface area contributed by atoms with E-state index in [9.17, 15) is 0 Å². The van der Waals surface area contributed by atoms with E-state index in [1.165, 1.54) is 5.56 Å². The number of hydrogen-bond acceptors (Lipinski definition) is 5. The highest BCUT2D eigenvalue weighted by Gasteiger charge is 2.09. The highest BCUT2D eigenvalue weighted by Crippen LogP contribution is 2.23. The number of halogens is 1. The third kappa shape index (κ3) is 6.52. The van der Waals surface area contributed by atoms with Crippen LogP contribution in [0.2, 0.25) is 0 Å². The van der Waals surface area contributed by atoms with Crippen LogP contribution in [0.5, 0.6) is 0 Å². The summed E-state index contributed by atoms with van der Waals surface area (Å²) in [6, 6.07) is 10.3. The van der Waals surface area contributed by atoms with Crippen molar-refractivity contribution < 1.29 is 0 Å². The summed E-state index contributed by atoms with van der Waals surface area (Å²) in [4.78, 5) is 16.2. The number of nitrogens with one attached hydrogen (secondary N) is 1. The van der Waals surface area contributed by atoms with Crippen molar-refractivity contribution in [3.05, 3.63) is 57.5 Å². The lowest BCUT2D eigenvalue weighted by Crippen LogP contribution is -2.38. The molecule has 0 aliphatic rings. The smallest absolute Gasteiger partial charge is 0.194 e. The maximum atomic E-state index is 4.77. The van der Waals surface area contributed by atoms with Crippen molar-refractivity contribution in [1.82, 2.24) is 20.2 Å². The van der Waals surface area contributed by atoms with E-state index in [0.29, 0.717) is 6.54 Å². The van der Waals surface area contributed by atoms with Gasteiger partial charge in [0.05, 0.1) is 22.9 Å². The van der Waals surface area contributed by atoms with Crippen molar-refractivity contribution in [2.75, 3.05) is 20.1 Å². The quantitative estimate of drug-likeness (QED) is 0.272. The zero-order chi connectivity index (χ0) is 19.1. The van der Waals surface area contributed by atoms with E-state index in [0.717, 1.165) is 46.9 Å². The molecular weight excluding hydrogens is 501 g/mol. The van der Waals surface area contributed by atoms with Crippen LogP contribution in [-0.4, -0.2) is 41.0 Å². The molecule has 1 aromatic carbocycles. The number of aliphatic imine (C=N–C) groups is 1. The first kappa shape index (κ1) is 22.8. The lowest BCUT2D eigenvalue weighted by Gasteiger charge is -2.21. The molecule has 0 saturated heterocycles. The molecule has 3 rings (SSSR count). The molecule has 0 bridgehead atoms. The SMILES string of the molecule is CCNC(=NCCc1csc(-c2ccccc2)n1)N(C)Cc1csc(C)n1.I. The Morgan fingerprint density at radius 1 is 1.11 bits per heavy atom. The first-order chi connectivity index (χ1) is 13.2. The molecule has 0 aliphatic heterocycles. The second kappa shape index (κ2) is 11.5. The van der Waals surface area contributed by atoms with Gasteiger partial charge in [-0.05, 0) is 13.8 Å². The average Bonchev–Trinajstić information content (AvgIpc) is 3.31. The summed E-state index contributed by atoms with van der Waals surface area (Å²) in [6.45, 7) is 6.42. The Morgan fingerprint density at radius 2 is 1.86 bits per heavy atom. The van der Waals surface area contributed by atoms with Gasteiger partial charge < -0.3 is 10.2 Å². The highest BCUT2D eigenvalue weighted by atomic mass is 127. The summed E-state index contributed by atoms with van der Waals surface area (Å²) < 4.78 is 0. The molecule has 2 heterocycles. The summed E-state index contributed by atoms with van der Waals surface area (Å²) >= 11 is 3.37. The minimum absolute atomic E-state index is 0. The van der Waals surface area contributed by atoms with E-state index in [4.69, 9.17) is 9.98 Å². The molecule has 0 saturated carbocycles. The molecule has 2 aromatic heterocycles. The number of guanidine groups is 1. The fourth-order valence-electron chi connectivity index (χ4n) is 2.68. The topological polar surface area (TPSA) is 53.4 Å². The summed E-state index contributed by atoms with van der Waals surface area (Å²) in [5, 5.41) is 9.76. The van der Waals surface area contributed by atoms with Crippen molar-refractivity contribution in [3.63, 3.8) is 0 Å². The molecule has 1 N–H and O–H groups in total. The predicted octanol–water partition coefficient (Wildman–Crippen LogP) is 4.83. The molecule has 8 heteroatoms. The molecule has 0 fully saturated rings. The summed E-state index contributed by atoms with van der Waals surface area (Å²) in [5.74, 6) is 0.904. The Kier molecular flexibility index (Phi) is 9.33. The Balaban J connectivity index is 0.00000280. The second-order valence-corrected chi connectivity index (χ2v) is 8.13. The first-order valence-electron chi connectivity index (χ1n) is 9.06. The number of nitrogens with zero attached hydrogens (tertiary/aromatic N) is 4. The van der Waals surface area contributed by atoms with Gasteiger partial charge in [-0.1, -0.05) is 30.3 Å². The van der Waals surface area contributed by atoms with Crippen LogP contribution < -0.4 is 5.32 Å². The number of aryl methyl sites for hydroxylation is 1. The van der Waals surface area contributed by atoms with Gasteiger partial charge in [-0.25, -0.2) is 9.97 Å². The van der Waals surface area contributed by atoms with Crippen molar-refractivity contribution in [2.24, 2.45) is 4.99 Å². The number of benzene rings is 1. The van der Waals surface area contributed by atoms with Crippen molar-refractivity contribution in [1.29, 1.82) is 0 Å². The van der Waals surface area contributed by atoms with Gasteiger partial charge >= 0.3 is 0 Å². The molecule has 3 aromatic rings. The van der Waals surface area contributed by atoms with E-state index in [2.05, 4.69) is 45.0 Å². The van der Waals surface area contributed by atoms with E-state index >= 15 is 0 Å². The number of thiazole rings is 2. The second-order valence-electron chi connectivity index (χ2n) is 6.21. The van der Waals surface area contributed by atoms with Crippen molar-refractivity contribution >= 4 is 52.6 Å². The molecular formula is C20H26IN5S2.